The second kappa shape index (κ2) is 9.45. The highest BCUT2D eigenvalue weighted by Gasteiger charge is 2.43. The standard InChI is InChI=1S/C28H29N3O5/c1-5-34-21-10-9-18(14-22(21)35-6-2)26-23-24(20-13-16(3)12-17(4)27(20)32)29-30-25(23)28(33)31(26)15-19-8-7-11-36-19/h7-14,26,32H,5-6,15H2,1-4H3,(H,29,30). The number of aromatic hydroxyl groups is 1. The second-order valence-electron chi connectivity index (χ2n) is 8.83. The Bertz CT molecular complexity index is 1410. The van der Waals surface area contributed by atoms with E-state index in [1.165, 1.54) is 0 Å². The summed E-state index contributed by atoms with van der Waals surface area (Å²) in [6.45, 7) is 8.91. The zero-order valence-electron chi connectivity index (χ0n) is 20.8. The van der Waals surface area contributed by atoms with Crippen LogP contribution in [0.25, 0.3) is 11.3 Å². The number of hydrogen-bond acceptors (Lipinski definition) is 6. The molecule has 8 heteroatoms. The number of phenols is 1. The van der Waals surface area contributed by atoms with Crippen LogP contribution in [0.4, 0.5) is 0 Å². The zero-order chi connectivity index (χ0) is 25.4. The van der Waals surface area contributed by atoms with E-state index in [9.17, 15) is 9.90 Å². The van der Waals surface area contributed by atoms with Crippen molar-refractivity contribution in [2.75, 3.05) is 13.2 Å². The monoisotopic (exact) mass is 487 g/mol. The van der Waals surface area contributed by atoms with Crippen LogP contribution >= 0.6 is 0 Å². The van der Waals surface area contributed by atoms with Crippen molar-refractivity contribution in [2.24, 2.45) is 0 Å². The predicted molar refractivity (Wildman–Crippen MR) is 134 cm³/mol. The molecule has 36 heavy (non-hydrogen) atoms. The average Bonchev–Trinajstić information content (AvgIpc) is 3.57. The molecule has 0 saturated heterocycles. The summed E-state index contributed by atoms with van der Waals surface area (Å²) in [5.74, 6) is 1.87. The largest absolute Gasteiger partial charge is 0.507 e. The molecule has 1 aliphatic rings. The second-order valence-corrected chi connectivity index (χ2v) is 8.83. The number of aromatic amines is 1. The maximum absolute atomic E-state index is 13.6. The number of nitrogens with one attached hydrogen (secondary N) is 1. The van der Waals surface area contributed by atoms with Gasteiger partial charge in [0.2, 0.25) is 0 Å². The van der Waals surface area contributed by atoms with Crippen molar-refractivity contribution in [3.63, 3.8) is 0 Å². The third kappa shape index (κ3) is 3.98. The number of benzene rings is 2. The Morgan fingerprint density at radius 3 is 2.58 bits per heavy atom. The van der Waals surface area contributed by atoms with E-state index in [2.05, 4.69) is 10.2 Å². The van der Waals surface area contributed by atoms with Crippen LogP contribution < -0.4 is 9.47 Å². The quantitative estimate of drug-likeness (QED) is 0.339. The molecule has 1 amide bonds. The lowest BCUT2D eigenvalue weighted by Crippen LogP contribution is -2.29. The van der Waals surface area contributed by atoms with E-state index in [1.54, 1.807) is 17.2 Å². The smallest absolute Gasteiger partial charge is 0.273 e. The molecule has 186 valence electrons. The summed E-state index contributed by atoms with van der Waals surface area (Å²) >= 11 is 0. The minimum Gasteiger partial charge on any atom is -0.507 e. The summed E-state index contributed by atoms with van der Waals surface area (Å²) in [4.78, 5) is 15.4. The molecule has 3 heterocycles. The summed E-state index contributed by atoms with van der Waals surface area (Å²) < 4.78 is 17.2. The van der Waals surface area contributed by atoms with Crippen LogP contribution in [0.3, 0.4) is 0 Å². The topological polar surface area (TPSA) is 101 Å². The van der Waals surface area contributed by atoms with E-state index in [1.807, 2.05) is 64.1 Å². The van der Waals surface area contributed by atoms with E-state index >= 15 is 0 Å². The maximum Gasteiger partial charge on any atom is 0.273 e. The van der Waals surface area contributed by atoms with Crippen molar-refractivity contribution in [1.82, 2.24) is 15.1 Å². The zero-order valence-corrected chi connectivity index (χ0v) is 20.8. The lowest BCUT2D eigenvalue weighted by molar-refractivity contribution is 0.0716. The first-order valence-electron chi connectivity index (χ1n) is 12.0. The van der Waals surface area contributed by atoms with Crippen molar-refractivity contribution < 1.29 is 23.8 Å². The summed E-state index contributed by atoms with van der Waals surface area (Å²) in [7, 11) is 0. The average molecular weight is 488 g/mol. The van der Waals surface area contributed by atoms with Gasteiger partial charge in [-0.1, -0.05) is 12.1 Å². The van der Waals surface area contributed by atoms with Crippen molar-refractivity contribution in [3.05, 3.63) is 82.4 Å². The number of aromatic nitrogens is 2. The van der Waals surface area contributed by atoms with Gasteiger partial charge >= 0.3 is 0 Å². The highest BCUT2D eigenvalue weighted by atomic mass is 16.5. The number of fused-ring (bicyclic) bond motifs is 1. The number of carbonyl (C=O) groups is 1. The van der Waals surface area contributed by atoms with Gasteiger partial charge in [0, 0.05) is 11.1 Å². The van der Waals surface area contributed by atoms with Crippen LogP contribution in [0.5, 0.6) is 17.2 Å². The third-order valence-electron chi connectivity index (χ3n) is 6.35. The number of amides is 1. The van der Waals surface area contributed by atoms with Crippen LogP contribution in [0.1, 0.15) is 58.4 Å². The molecule has 0 saturated carbocycles. The first kappa shape index (κ1) is 23.5. The molecule has 2 N–H and O–H groups in total. The number of hydrogen-bond donors (Lipinski definition) is 2. The molecule has 8 nitrogen and oxygen atoms in total. The number of phenolic OH excluding ortho intramolecular Hbond substituents is 1. The Morgan fingerprint density at radius 2 is 1.86 bits per heavy atom. The molecule has 2 aromatic heterocycles. The number of ether oxygens (including phenoxy) is 2. The van der Waals surface area contributed by atoms with Crippen LogP contribution in [-0.2, 0) is 6.54 Å². The first-order valence-corrected chi connectivity index (χ1v) is 12.0. The van der Waals surface area contributed by atoms with Crippen LogP contribution in [-0.4, -0.2) is 39.3 Å². The van der Waals surface area contributed by atoms with Crippen LogP contribution in [0.2, 0.25) is 0 Å². The third-order valence-corrected chi connectivity index (χ3v) is 6.35. The fourth-order valence-electron chi connectivity index (χ4n) is 4.86. The predicted octanol–water partition coefficient (Wildman–Crippen LogP) is 5.53. The maximum atomic E-state index is 13.6. The molecule has 0 aliphatic carbocycles. The van der Waals surface area contributed by atoms with Crippen LogP contribution in [0.15, 0.2) is 53.1 Å². The molecule has 4 aromatic rings. The summed E-state index contributed by atoms with van der Waals surface area (Å²) in [5, 5.41) is 18.4. The lowest BCUT2D eigenvalue weighted by Gasteiger charge is -2.26. The first-order chi connectivity index (χ1) is 17.4. The molecular formula is C28H29N3O5. The van der Waals surface area contributed by atoms with Gasteiger partial charge in [0.05, 0.1) is 32.1 Å². The fraction of sp³-hybridized carbons (Fsp3) is 0.286. The summed E-state index contributed by atoms with van der Waals surface area (Å²) in [6.07, 6.45) is 1.59. The van der Waals surface area contributed by atoms with E-state index in [4.69, 9.17) is 13.9 Å². The van der Waals surface area contributed by atoms with Crippen molar-refractivity contribution >= 4 is 5.91 Å². The fourth-order valence-corrected chi connectivity index (χ4v) is 4.86. The van der Waals surface area contributed by atoms with Crippen LogP contribution in [0, 0.1) is 13.8 Å². The molecule has 2 aromatic carbocycles. The van der Waals surface area contributed by atoms with Gasteiger partial charge < -0.3 is 23.9 Å². The number of rotatable bonds is 8. The van der Waals surface area contributed by atoms with Crippen molar-refractivity contribution in [3.8, 4) is 28.5 Å². The number of aryl methyl sites for hydroxylation is 2. The molecule has 0 bridgehead atoms. The van der Waals surface area contributed by atoms with E-state index < -0.39 is 6.04 Å². The number of carbonyl (C=O) groups excluding carboxylic acids is 1. The number of nitrogens with zero attached hydrogens (tertiary/aromatic N) is 2. The van der Waals surface area contributed by atoms with Gasteiger partial charge in [0.15, 0.2) is 11.5 Å². The van der Waals surface area contributed by atoms with Gasteiger partial charge in [0.25, 0.3) is 5.91 Å². The van der Waals surface area contributed by atoms with E-state index in [-0.39, 0.29) is 18.2 Å². The van der Waals surface area contributed by atoms with E-state index in [0.29, 0.717) is 53.0 Å². The van der Waals surface area contributed by atoms with Gasteiger partial charge in [-0.2, -0.15) is 5.10 Å². The van der Waals surface area contributed by atoms with Gasteiger partial charge in [-0.05, 0) is 74.7 Å². The Morgan fingerprint density at radius 1 is 1.08 bits per heavy atom. The Kier molecular flexibility index (Phi) is 6.18. The van der Waals surface area contributed by atoms with Crippen molar-refractivity contribution in [2.45, 2.75) is 40.3 Å². The van der Waals surface area contributed by atoms with Gasteiger partial charge in [0.1, 0.15) is 22.9 Å². The normalized spacial score (nSPS) is 14.8. The summed E-state index contributed by atoms with van der Waals surface area (Å²) in [5.41, 5.74) is 4.80. The minimum atomic E-state index is -0.485. The molecule has 5 rings (SSSR count). The highest BCUT2D eigenvalue weighted by molar-refractivity contribution is 6.00. The highest BCUT2D eigenvalue weighted by Crippen LogP contribution is 2.47. The molecular weight excluding hydrogens is 458 g/mol. The Hall–Kier alpha value is -4.20. The van der Waals surface area contributed by atoms with Gasteiger partial charge in [-0.25, -0.2) is 0 Å². The minimum absolute atomic E-state index is 0.146. The molecule has 0 spiro atoms. The molecule has 1 unspecified atom stereocenters. The van der Waals surface area contributed by atoms with Gasteiger partial charge in [-0.15, -0.1) is 0 Å². The summed E-state index contributed by atoms with van der Waals surface area (Å²) in [6, 6.07) is 12.7. The lowest BCUT2D eigenvalue weighted by atomic mass is 9.94. The molecule has 1 atom stereocenters. The van der Waals surface area contributed by atoms with Crippen molar-refractivity contribution in [1.29, 1.82) is 0 Å². The SMILES string of the molecule is CCOc1ccc(C2c3c(-c4cc(C)cc(C)c4O)n[nH]c3C(=O)N2Cc2ccco2)cc1OCC. The molecule has 1 aliphatic heterocycles. The van der Waals surface area contributed by atoms with E-state index in [0.717, 1.165) is 16.7 Å². The number of furan rings is 1. The molecule has 0 fully saturated rings. The molecule has 0 radical (unpaired) electrons. The Balaban J connectivity index is 1.69. The Labute approximate surface area is 209 Å². The van der Waals surface area contributed by atoms with Gasteiger partial charge in [-0.3, -0.25) is 9.89 Å². The number of H-pyrrole nitrogens is 1.